The molecule has 0 saturated carbocycles. The van der Waals surface area contributed by atoms with Crippen LogP contribution in [0.5, 0.6) is 0 Å². The Bertz CT molecular complexity index is 673. The number of benzene rings is 1. The molecule has 25 heavy (non-hydrogen) atoms. The van der Waals surface area contributed by atoms with Crippen LogP contribution in [0.3, 0.4) is 0 Å². The lowest BCUT2D eigenvalue weighted by Gasteiger charge is -2.28. The van der Waals surface area contributed by atoms with E-state index in [1.54, 1.807) is 26.0 Å². The van der Waals surface area contributed by atoms with E-state index in [1.165, 1.54) is 12.1 Å². The summed E-state index contributed by atoms with van der Waals surface area (Å²) in [5.41, 5.74) is 0.419. The molecule has 8 heteroatoms. The lowest BCUT2D eigenvalue weighted by molar-refractivity contribution is 0.0692. The molecular weight excluding hydrogens is 362 g/mol. The van der Waals surface area contributed by atoms with E-state index in [0.29, 0.717) is 12.1 Å². The third-order valence-corrected chi connectivity index (χ3v) is 5.64. The Morgan fingerprint density at radius 1 is 1.40 bits per heavy atom. The molecule has 1 saturated heterocycles. The summed E-state index contributed by atoms with van der Waals surface area (Å²) < 4.78 is 27.2. The van der Waals surface area contributed by atoms with Gasteiger partial charge in [-0.3, -0.25) is 4.79 Å². The van der Waals surface area contributed by atoms with Gasteiger partial charge < -0.3 is 10.2 Å². The second kappa shape index (κ2) is 9.52. The summed E-state index contributed by atoms with van der Waals surface area (Å²) in [6.07, 6.45) is 1.80. The zero-order valence-corrected chi connectivity index (χ0v) is 16.6. The first-order valence-corrected chi connectivity index (χ1v) is 9.97. The van der Waals surface area contributed by atoms with Gasteiger partial charge in [0.05, 0.1) is 4.90 Å². The van der Waals surface area contributed by atoms with Gasteiger partial charge in [-0.25, -0.2) is 13.1 Å². The Kier molecular flexibility index (Phi) is 8.34. The van der Waals surface area contributed by atoms with Crippen molar-refractivity contribution in [1.82, 2.24) is 14.9 Å². The first-order valence-electron chi connectivity index (χ1n) is 8.49. The van der Waals surface area contributed by atoms with Crippen LogP contribution in [0.2, 0.25) is 0 Å². The molecule has 2 N–H and O–H groups in total. The Balaban J connectivity index is 0.00000312. The smallest absolute Gasteiger partial charge is 0.254 e. The Hall–Kier alpha value is -1.15. The highest BCUT2D eigenvalue weighted by molar-refractivity contribution is 7.89. The Morgan fingerprint density at radius 2 is 2.12 bits per heavy atom. The molecule has 1 aliphatic heterocycles. The second-order valence-corrected chi connectivity index (χ2v) is 8.16. The van der Waals surface area contributed by atoms with Crippen LogP contribution in [0, 0.1) is 0 Å². The van der Waals surface area contributed by atoms with Crippen molar-refractivity contribution < 1.29 is 13.2 Å². The number of hydrogen-bond acceptors (Lipinski definition) is 4. The summed E-state index contributed by atoms with van der Waals surface area (Å²) in [6, 6.07) is 6.27. The largest absolute Gasteiger partial charge is 0.334 e. The number of nitrogens with one attached hydrogen (secondary N) is 2. The number of nitrogens with zero attached hydrogens (tertiary/aromatic N) is 1. The van der Waals surface area contributed by atoms with Gasteiger partial charge in [0.2, 0.25) is 10.0 Å². The van der Waals surface area contributed by atoms with Crippen LogP contribution in [0.15, 0.2) is 29.2 Å². The van der Waals surface area contributed by atoms with Crippen LogP contribution in [0.25, 0.3) is 0 Å². The second-order valence-electron chi connectivity index (χ2n) is 6.45. The molecule has 1 atom stereocenters. The number of hydrogen-bond donors (Lipinski definition) is 2. The third-order valence-electron chi connectivity index (χ3n) is 3.98. The molecule has 0 aliphatic carbocycles. The molecular formula is C17H28ClN3O3S. The quantitative estimate of drug-likeness (QED) is 0.747. The van der Waals surface area contributed by atoms with Crippen molar-refractivity contribution in [3.8, 4) is 0 Å². The SMILES string of the molecule is CCCN(C(=O)c1cccc(S(=O)(=O)NC(C)C)c1)C1CCNC1.Cl. The first kappa shape index (κ1) is 21.9. The van der Waals surface area contributed by atoms with E-state index in [9.17, 15) is 13.2 Å². The van der Waals surface area contributed by atoms with Crippen LogP contribution >= 0.6 is 12.4 Å². The fourth-order valence-electron chi connectivity index (χ4n) is 2.94. The molecule has 1 heterocycles. The Labute approximate surface area is 156 Å². The number of amides is 1. The van der Waals surface area contributed by atoms with Crippen molar-refractivity contribution in [2.75, 3.05) is 19.6 Å². The molecule has 142 valence electrons. The standard InChI is InChI=1S/C17H27N3O3S.ClH/c1-4-10-20(15-8-9-18-12-15)17(21)14-6-5-7-16(11-14)24(22,23)19-13(2)3;/h5-7,11,13,15,18-19H,4,8-10,12H2,1-3H3;1H. The van der Waals surface area contributed by atoms with E-state index in [1.807, 2.05) is 11.8 Å². The van der Waals surface area contributed by atoms with E-state index in [2.05, 4.69) is 10.0 Å². The number of halogens is 1. The van der Waals surface area contributed by atoms with Gasteiger partial charge in [0.15, 0.2) is 0 Å². The average molecular weight is 390 g/mol. The van der Waals surface area contributed by atoms with Gasteiger partial charge in [-0.2, -0.15) is 0 Å². The molecule has 0 aromatic heterocycles. The highest BCUT2D eigenvalue weighted by Crippen LogP contribution is 2.17. The van der Waals surface area contributed by atoms with Gasteiger partial charge in [-0.1, -0.05) is 13.0 Å². The maximum absolute atomic E-state index is 12.9. The first-order chi connectivity index (χ1) is 11.3. The van der Waals surface area contributed by atoms with Crippen LogP contribution in [-0.2, 0) is 10.0 Å². The number of carbonyl (C=O) groups is 1. The predicted molar refractivity (Wildman–Crippen MR) is 102 cm³/mol. The van der Waals surface area contributed by atoms with Crippen LogP contribution in [0.1, 0.15) is 44.0 Å². The molecule has 0 radical (unpaired) electrons. The summed E-state index contributed by atoms with van der Waals surface area (Å²) in [5, 5.41) is 3.28. The fourth-order valence-corrected chi connectivity index (χ4v) is 4.23. The third kappa shape index (κ3) is 5.67. The minimum absolute atomic E-state index is 0. The molecule has 1 unspecified atom stereocenters. The molecule has 1 aromatic rings. The predicted octanol–water partition coefficient (Wildman–Crippen LogP) is 2.01. The lowest BCUT2D eigenvalue weighted by atomic mass is 10.1. The van der Waals surface area contributed by atoms with Gasteiger partial charge in [-0.15, -0.1) is 12.4 Å². The van der Waals surface area contributed by atoms with Crippen molar-refractivity contribution in [2.45, 2.75) is 50.6 Å². The highest BCUT2D eigenvalue weighted by Gasteiger charge is 2.27. The number of rotatable bonds is 7. The zero-order chi connectivity index (χ0) is 17.7. The number of carbonyl (C=O) groups excluding carboxylic acids is 1. The maximum Gasteiger partial charge on any atom is 0.254 e. The van der Waals surface area contributed by atoms with E-state index < -0.39 is 10.0 Å². The van der Waals surface area contributed by atoms with E-state index in [0.717, 1.165) is 25.9 Å². The molecule has 1 aliphatic rings. The maximum atomic E-state index is 12.9. The molecule has 0 spiro atoms. The Morgan fingerprint density at radius 3 is 2.68 bits per heavy atom. The molecule has 6 nitrogen and oxygen atoms in total. The molecule has 1 amide bonds. The van der Waals surface area contributed by atoms with Gasteiger partial charge in [0, 0.05) is 30.7 Å². The molecule has 1 fully saturated rings. The van der Waals surface area contributed by atoms with Crippen molar-refractivity contribution >= 4 is 28.3 Å². The van der Waals surface area contributed by atoms with Crippen molar-refractivity contribution in [2.24, 2.45) is 0 Å². The zero-order valence-electron chi connectivity index (χ0n) is 15.0. The lowest BCUT2D eigenvalue weighted by Crippen LogP contribution is -2.42. The fraction of sp³-hybridized carbons (Fsp3) is 0.588. The van der Waals surface area contributed by atoms with Gasteiger partial charge in [0.25, 0.3) is 5.91 Å². The van der Waals surface area contributed by atoms with E-state index >= 15 is 0 Å². The average Bonchev–Trinajstić information content (AvgIpc) is 3.05. The van der Waals surface area contributed by atoms with Gasteiger partial charge in [-0.05, 0) is 51.4 Å². The van der Waals surface area contributed by atoms with Crippen molar-refractivity contribution in [3.63, 3.8) is 0 Å². The summed E-state index contributed by atoms with van der Waals surface area (Å²) in [5.74, 6) is -0.104. The number of sulfonamides is 1. The van der Waals surface area contributed by atoms with Crippen LogP contribution in [-0.4, -0.2) is 50.9 Å². The van der Waals surface area contributed by atoms with Crippen LogP contribution < -0.4 is 10.0 Å². The van der Waals surface area contributed by atoms with Gasteiger partial charge >= 0.3 is 0 Å². The summed E-state index contributed by atoms with van der Waals surface area (Å²) in [4.78, 5) is 14.9. The van der Waals surface area contributed by atoms with Crippen molar-refractivity contribution in [3.05, 3.63) is 29.8 Å². The normalized spacial score (nSPS) is 17.4. The molecule has 0 bridgehead atoms. The van der Waals surface area contributed by atoms with Crippen molar-refractivity contribution in [1.29, 1.82) is 0 Å². The van der Waals surface area contributed by atoms with E-state index in [-0.39, 0.29) is 35.3 Å². The summed E-state index contributed by atoms with van der Waals surface area (Å²) >= 11 is 0. The minimum atomic E-state index is -3.61. The molecule has 1 aromatic carbocycles. The highest BCUT2D eigenvalue weighted by atomic mass is 35.5. The van der Waals surface area contributed by atoms with Crippen LogP contribution in [0.4, 0.5) is 0 Å². The molecule has 2 rings (SSSR count). The monoisotopic (exact) mass is 389 g/mol. The topological polar surface area (TPSA) is 78.5 Å². The summed E-state index contributed by atoms with van der Waals surface area (Å²) in [6.45, 7) is 7.94. The van der Waals surface area contributed by atoms with E-state index in [4.69, 9.17) is 0 Å². The minimum Gasteiger partial charge on any atom is -0.334 e. The summed E-state index contributed by atoms with van der Waals surface area (Å²) in [7, 11) is -3.61. The van der Waals surface area contributed by atoms with Gasteiger partial charge in [0.1, 0.15) is 0 Å².